The fraction of sp³-hybridized carbons (Fsp3) is 0.500. The molecule has 0 aromatic carbocycles. The first kappa shape index (κ1) is 11.9. The van der Waals surface area contributed by atoms with E-state index in [1.54, 1.807) is 0 Å². The lowest BCUT2D eigenvalue weighted by Gasteiger charge is -2.06. The van der Waals surface area contributed by atoms with E-state index in [2.05, 4.69) is 6.07 Å². The molecule has 3 heteroatoms. The number of rotatable bonds is 5. The number of hydrogen-bond acceptors (Lipinski definition) is 3. The van der Waals surface area contributed by atoms with Crippen molar-refractivity contribution in [2.24, 2.45) is 5.92 Å². The first-order chi connectivity index (χ1) is 7.24. The van der Waals surface area contributed by atoms with Gasteiger partial charge in [-0.1, -0.05) is 20.3 Å². The summed E-state index contributed by atoms with van der Waals surface area (Å²) in [5.74, 6) is -0.454. The van der Waals surface area contributed by atoms with Crippen LogP contribution < -0.4 is 0 Å². The van der Waals surface area contributed by atoms with E-state index in [-0.39, 0.29) is 5.78 Å². The normalized spacial score (nSPS) is 12.1. The molecule has 1 atom stereocenters. The average Bonchev–Trinajstić information content (AvgIpc) is 2.72. The second kappa shape index (κ2) is 5.67. The van der Waals surface area contributed by atoms with Crippen molar-refractivity contribution in [2.75, 3.05) is 0 Å². The molecule has 0 amide bonds. The largest absolute Gasteiger partial charge is 0.292 e. The van der Waals surface area contributed by atoms with Crippen LogP contribution in [0, 0.1) is 17.2 Å². The van der Waals surface area contributed by atoms with Gasteiger partial charge in [0.1, 0.15) is 5.92 Å². The van der Waals surface area contributed by atoms with Crippen LogP contribution in [0.5, 0.6) is 0 Å². The molecule has 1 aromatic heterocycles. The van der Waals surface area contributed by atoms with Crippen molar-refractivity contribution in [3.05, 3.63) is 21.9 Å². The van der Waals surface area contributed by atoms with Crippen LogP contribution in [-0.2, 0) is 6.42 Å². The monoisotopic (exact) mass is 221 g/mol. The van der Waals surface area contributed by atoms with E-state index in [0.29, 0.717) is 6.42 Å². The first-order valence-corrected chi connectivity index (χ1v) is 6.12. The predicted octanol–water partition coefficient (Wildman–Crippen LogP) is 3.43. The molecule has 0 N–H and O–H groups in total. The SMILES string of the molecule is CCCC(C#N)C(=O)c1sccc1CC. The topological polar surface area (TPSA) is 40.9 Å². The molecule has 0 radical (unpaired) electrons. The summed E-state index contributed by atoms with van der Waals surface area (Å²) in [6.45, 7) is 4.02. The zero-order chi connectivity index (χ0) is 11.3. The Morgan fingerprint density at radius 2 is 2.33 bits per heavy atom. The van der Waals surface area contributed by atoms with Gasteiger partial charge in [0.05, 0.1) is 10.9 Å². The van der Waals surface area contributed by atoms with E-state index in [0.717, 1.165) is 23.3 Å². The number of thiophene rings is 1. The van der Waals surface area contributed by atoms with Crippen LogP contribution >= 0.6 is 11.3 Å². The zero-order valence-electron chi connectivity index (χ0n) is 9.12. The molecule has 2 nitrogen and oxygen atoms in total. The molecule has 0 aliphatic rings. The number of hydrogen-bond donors (Lipinski definition) is 0. The Labute approximate surface area is 94.5 Å². The van der Waals surface area contributed by atoms with Crippen LogP contribution in [0.15, 0.2) is 11.4 Å². The molecule has 0 saturated carbocycles. The molecular formula is C12H15NOS. The van der Waals surface area contributed by atoms with Crippen molar-refractivity contribution in [2.45, 2.75) is 33.1 Å². The number of nitrogens with zero attached hydrogens (tertiary/aromatic N) is 1. The molecule has 1 aromatic rings. The van der Waals surface area contributed by atoms with Gasteiger partial charge in [0, 0.05) is 0 Å². The van der Waals surface area contributed by atoms with Crippen LogP contribution in [0.3, 0.4) is 0 Å². The lowest BCUT2D eigenvalue weighted by atomic mass is 9.97. The smallest absolute Gasteiger partial charge is 0.190 e. The lowest BCUT2D eigenvalue weighted by molar-refractivity contribution is 0.0947. The number of Topliss-reactive ketones (excluding diaryl/α,β-unsaturated/α-hetero) is 1. The maximum absolute atomic E-state index is 12.0. The second-order valence-electron chi connectivity index (χ2n) is 3.46. The van der Waals surface area contributed by atoms with Gasteiger partial charge in [-0.15, -0.1) is 11.3 Å². The van der Waals surface area contributed by atoms with Gasteiger partial charge >= 0.3 is 0 Å². The second-order valence-corrected chi connectivity index (χ2v) is 4.38. The van der Waals surface area contributed by atoms with Crippen molar-refractivity contribution >= 4 is 17.1 Å². The third kappa shape index (κ3) is 2.66. The van der Waals surface area contributed by atoms with Crippen LogP contribution in [-0.4, -0.2) is 5.78 Å². The highest BCUT2D eigenvalue weighted by Crippen LogP contribution is 2.23. The Hall–Kier alpha value is -1.14. The number of aryl methyl sites for hydroxylation is 1. The van der Waals surface area contributed by atoms with E-state index >= 15 is 0 Å². The van der Waals surface area contributed by atoms with Gasteiger partial charge in [-0.2, -0.15) is 5.26 Å². The third-order valence-electron chi connectivity index (χ3n) is 2.40. The third-order valence-corrected chi connectivity index (χ3v) is 3.37. The number of carbonyl (C=O) groups is 1. The summed E-state index contributed by atoms with van der Waals surface area (Å²) in [6.07, 6.45) is 2.39. The fourth-order valence-electron chi connectivity index (χ4n) is 1.53. The van der Waals surface area contributed by atoms with Gasteiger partial charge < -0.3 is 0 Å². The van der Waals surface area contributed by atoms with Crippen molar-refractivity contribution in [3.8, 4) is 6.07 Å². The quantitative estimate of drug-likeness (QED) is 0.715. The molecule has 15 heavy (non-hydrogen) atoms. The maximum Gasteiger partial charge on any atom is 0.190 e. The number of carbonyl (C=O) groups excluding carboxylic acids is 1. The van der Waals surface area contributed by atoms with Crippen LogP contribution in [0.4, 0.5) is 0 Å². The number of nitriles is 1. The van der Waals surface area contributed by atoms with Crippen molar-refractivity contribution < 1.29 is 4.79 Å². The van der Waals surface area contributed by atoms with Crippen LogP contribution in [0.1, 0.15) is 41.9 Å². The number of ketones is 1. The summed E-state index contributed by atoms with van der Waals surface area (Å²) in [7, 11) is 0. The maximum atomic E-state index is 12.0. The molecule has 80 valence electrons. The van der Waals surface area contributed by atoms with Crippen LogP contribution in [0.25, 0.3) is 0 Å². The summed E-state index contributed by atoms with van der Waals surface area (Å²) in [4.78, 5) is 12.8. The van der Waals surface area contributed by atoms with Gasteiger partial charge in [-0.05, 0) is 29.9 Å². The standard InChI is InChI=1S/C12H15NOS/c1-3-5-10(8-13)11(14)12-9(4-2)6-7-15-12/h6-7,10H,3-5H2,1-2H3. The molecule has 1 rings (SSSR count). The summed E-state index contributed by atoms with van der Waals surface area (Å²) in [5.41, 5.74) is 1.07. The Balaban J connectivity index is 2.88. The first-order valence-electron chi connectivity index (χ1n) is 5.24. The fourth-order valence-corrected chi connectivity index (χ4v) is 2.52. The van der Waals surface area contributed by atoms with Gasteiger partial charge in [0.15, 0.2) is 5.78 Å². The molecule has 0 aliphatic heterocycles. The Morgan fingerprint density at radius 1 is 1.60 bits per heavy atom. The van der Waals surface area contributed by atoms with Crippen molar-refractivity contribution in [1.29, 1.82) is 5.26 Å². The highest BCUT2D eigenvalue weighted by molar-refractivity contribution is 7.12. The van der Waals surface area contributed by atoms with Crippen LogP contribution in [0.2, 0.25) is 0 Å². The summed E-state index contributed by atoms with van der Waals surface area (Å²) in [5, 5.41) is 10.8. The Bertz CT molecular complexity index is 375. The Kier molecular flexibility index (Phi) is 4.51. The molecular weight excluding hydrogens is 206 g/mol. The zero-order valence-corrected chi connectivity index (χ0v) is 9.93. The average molecular weight is 221 g/mol. The molecule has 1 unspecified atom stereocenters. The van der Waals surface area contributed by atoms with Gasteiger partial charge in [-0.25, -0.2) is 0 Å². The van der Waals surface area contributed by atoms with Gasteiger partial charge in [0.2, 0.25) is 0 Å². The van der Waals surface area contributed by atoms with Crippen molar-refractivity contribution in [1.82, 2.24) is 0 Å². The molecule has 0 fully saturated rings. The van der Waals surface area contributed by atoms with E-state index < -0.39 is 5.92 Å². The summed E-state index contributed by atoms with van der Waals surface area (Å²) < 4.78 is 0. The highest BCUT2D eigenvalue weighted by Gasteiger charge is 2.21. The highest BCUT2D eigenvalue weighted by atomic mass is 32.1. The molecule has 0 bridgehead atoms. The van der Waals surface area contributed by atoms with E-state index in [9.17, 15) is 4.79 Å². The summed E-state index contributed by atoms with van der Waals surface area (Å²) >= 11 is 1.45. The molecule has 0 aliphatic carbocycles. The van der Waals surface area contributed by atoms with Crippen molar-refractivity contribution in [3.63, 3.8) is 0 Å². The minimum Gasteiger partial charge on any atom is -0.292 e. The minimum atomic E-state index is -0.459. The van der Waals surface area contributed by atoms with E-state index in [1.165, 1.54) is 11.3 Å². The van der Waals surface area contributed by atoms with Gasteiger partial charge in [0.25, 0.3) is 0 Å². The lowest BCUT2D eigenvalue weighted by Crippen LogP contribution is -2.12. The summed E-state index contributed by atoms with van der Waals surface area (Å²) in [6, 6.07) is 4.07. The molecule has 0 saturated heterocycles. The Morgan fingerprint density at radius 3 is 2.87 bits per heavy atom. The van der Waals surface area contributed by atoms with Gasteiger partial charge in [-0.3, -0.25) is 4.79 Å². The molecule has 1 heterocycles. The van der Waals surface area contributed by atoms with E-state index in [4.69, 9.17) is 5.26 Å². The molecule has 0 spiro atoms. The van der Waals surface area contributed by atoms with E-state index in [1.807, 2.05) is 25.3 Å². The minimum absolute atomic E-state index is 0.00574. The predicted molar refractivity (Wildman–Crippen MR) is 62.0 cm³/mol.